The van der Waals surface area contributed by atoms with E-state index in [4.69, 9.17) is 0 Å². The van der Waals surface area contributed by atoms with E-state index in [0.717, 1.165) is 16.6 Å². The average molecular weight is 261 g/mol. The van der Waals surface area contributed by atoms with Gasteiger partial charge in [0.2, 0.25) is 5.91 Å². The van der Waals surface area contributed by atoms with Gasteiger partial charge in [0.25, 0.3) is 0 Å². The van der Waals surface area contributed by atoms with Gasteiger partial charge >= 0.3 is 0 Å². The number of likely N-dealkylation sites (N-methyl/N-ethyl adjacent to an activating group) is 1. The summed E-state index contributed by atoms with van der Waals surface area (Å²) >= 11 is 3.36. The van der Waals surface area contributed by atoms with Crippen molar-refractivity contribution < 1.29 is 4.79 Å². The van der Waals surface area contributed by atoms with Crippen molar-refractivity contribution in [3.8, 4) is 0 Å². The number of aryl methyl sites for hydroxylation is 1. The number of anilines is 1. The van der Waals surface area contributed by atoms with Gasteiger partial charge in [0, 0.05) is 0 Å². The van der Waals surface area contributed by atoms with Gasteiger partial charge in [-0.1, -0.05) is 6.92 Å². The van der Waals surface area contributed by atoms with Gasteiger partial charge in [-0.2, -0.15) is 5.10 Å². The van der Waals surface area contributed by atoms with E-state index in [-0.39, 0.29) is 12.5 Å². The Morgan fingerprint density at radius 1 is 1.64 bits per heavy atom. The minimum absolute atomic E-state index is 0.109. The predicted molar refractivity (Wildman–Crippen MR) is 58.2 cm³/mol. The third-order valence-corrected chi connectivity index (χ3v) is 2.58. The summed E-state index contributed by atoms with van der Waals surface area (Å²) in [7, 11) is 1.72. The van der Waals surface area contributed by atoms with Crippen molar-refractivity contribution in [3.05, 3.63) is 10.2 Å². The number of aromatic nitrogens is 2. The zero-order valence-electron chi connectivity index (χ0n) is 8.15. The first-order chi connectivity index (χ1) is 6.69. The molecule has 0 fully saturated rings. The number of rotatable bonds is 4. The molecule has 0 atom stereocenters. The summed E-state index contributed by atoms with van der Waals surface area (Å²) in [5, 5.41) is 12.3. The van der Waals surface area contributed by atoms with Gasteiger partial charge in [0.15, 0.2) is 5.82 Å². The van der Waals surface area contributed by atoms with Gasteiger partial charge in [-0.25, -0.2) is 0 Å². The van der Waals surface area contributed by atoms with E-state index >= 15 is 0 Å². The van der Waals surface area contributed by atoms with Gasteiger partial charge < -0.3 is 10.6 Å². The van der Waals surface area contributed by atoms with Crippen molar-refractivity contribution >= 4 is 27.7 Å². The SMILES string of the molecule is CCc1[nH]nc(NC(=O)CNC)c1Br. The number of carbonyl (C=O) groups is 1. The molecule has 1 rings (SSSR count). The number of halogens is 1. The lowest BCUT2D eigenvalue weighted by atomic mass is 10.3. The summed E-state index contributed by atoms with van der Waals surface area (Å²) in [6.07, 6.45) is 0.843. The fraction of sp³-hybridized carbons (Fsp3) is 0.500. The fourth-order valence-corrected chi connectivity index (χ4v) is 1.58. The van der Waals surface area contributed by atoms with E-state index in [0.29, 0.717) is 5.82 Å². The maximum Gasteiger partial charge on any atom is 0.239 e. The van der Waals surface area contributed by atoms with Gasteiger partial charge in [-0.05, 0) is 29.4 Å². The Morgan fingerprint density at radius 3 is 2.86 bits per heavy atom. The van der Waals surface area contributed by atoms with Crippen molar-refractivity contribution in [2.24, 2.45) is 0 Å². The Kier molecular flexibility index (Phi) is 4.09. The maximum absolute atomic E-state index is 11.2. The third-order valence-electron chi connectivity index (χ3n) is 1.72. The van der Waals surface area contributed by atoms with Crippen molar-refractivity contribution in [2.75, 3.05) is 18.9 Å². The van der Waals surface area contributed by atoms with Crippen LogP contribution in [0, 0.1) is 0 Å². The lowest BCUT2D eigenvalue weighted by molar-refractivity contribution is -0.115. The Hall–Kier alpha value is -0.880. The standard InChI is InChI=1S/C8H13BrN4O/c1-3-5-7(9)8(13-12-5)11-6(14)4-10-2/h10H,3-4H2,1-2H3,(H2,11,12,13,14). The van der Waals surface area contributed by atoms with Crippen molar-refractivity contribution in [2.45, 2.75) is 13.3 Å². The highest BCUT2D eigenvalue weighted by atomic mass is 79.9. The van der Waals surface area contributed by atoms with E-state index < -0.39 is 0 Å². The van der Waals surface area contributed by atoms with Gasteiger partial charge in [0.05, 0.1) is 16.7 Å². The highest BCUT2D eigenvalue weighted by Gasteiger charge is 2.10. The molecule has 6 heteroatoms. The first-order valence-electron chi connectivity index (χ1n) is 4.36. The van der Waals surface area contributed by atoms with Crippen LogP contribution in [0.2, 0.25) is 0 Å². The molecule has 0 aromatic carbocycles. The third kappa shape index (κ3) is 2.55. The lowest BCUT2D eigenvalue weighted by Gasteiger charge is -2.00. The zero-order chi connectivity index (χ0) is 10.6. The van der Waals surface area contributed by atoms with Gasteiger partial charge in [-0.3, -0.25) is 9.89 Å². The number of amides is 1. The largest absolute Gasteiger partial charge is 0.311 e. The minimum atomic E-state index is -0.109. The van der Waals surface area contributed by atoms with Crippen LogP contribution in [0.3, 0.4) is 0 Å². The van der Waals surface area contributed by atoms with Gasteiger partial charge in [0.1, 0.15) is 0 Å². The Morgan fingerprint density at radius 2 is 2.36 bits per heavy atom. The van der Waals surface area contributed by atoms with Crippen molar-refractivity contribution in [3.63, 3.8) is 0 Å². The van der Waals surface area contributed by atoms with E-state index in [1.165, 1.54) is 0 Å². The first kappa shape index (κ1) is 11.2. The number of nitrogens with zero attached hydrogens (tertiary/aromatic N) is 1. The molecule has 0 saturated heterocycles. The number of nitrogens with one attached hydrogen (secondary N) is 3. The fourth-order valence-electron chi connectivity index (χ4n) is 1.02. The highest BCUT2D eigenvalue weighted by Crippen LogP contribution is 2.23. The summed E-state index contributed by atoms with van der Waals surface area (Å²) in [6.45, 7) is 2.29. The molecule has 0 spiro atoms. The number of hydrogen-bond acceptors (Lipinski definition) is 3. The topological polar surface area (TPSA) is 69.8 Å². The zero-order valence-corrected chi connectivity index (χ0v) is 9.73. The van der Waals surface area contributed by atoms with Crippen LogP contribution in [0.4, 0.5) is 5.82 Å². The number of hydrogen-bond donors (Lipinski definition) is 3. The quantitative estimate of drug-likeness (QED) is 0.754. The highest BCUT2D eigenvalue weighted by molar-refractivity contribution is 9.10. The second-order valence-corrected chi connectivity index (χ2v) is 3.59. The summed E-state index contributed by atoms with van der Waals surface area (Å²) in [5.74, 6) is 0.435. The van der Waals surface area contributed by atoms with Crippen molar-refractivity contribution in [1.29, 1.82) is 0 Å². The normalized spacial score (nSPS) is 10.2. The number of aromatic amines is 1. The van der Waals surface area contributed by atoms with Crippen molar-refractivity contribution in [1.82, 2.24) is 15.5 Å². The van der Waals surface area contributed by atoms with Crippen LogP contribution in [-0.4, -0.2) is 29.7 Å². The van der Waals surface area contributed by atoms with Crippen LogP contribution in [0.5, 0.6) is 0 Å². The Bertz CT molecular complexity index is 323. The molecule has 1 amide bonds. The average Bonchev–Trinajstić information content (AvgIpc) is 2.48. The lowest BCUT2D eigenvalue weighted by Crippen LogP contribution is -2.25. The molecule has 0 radical (unpaired) electrons. The molecule has 0 saturated carbocycles. The summed E-state index contributed by atoms with van der Waals surface area (Å²) in [6, 6.07) is 0. The van der Waals surface area contributed by atoms with Gasteiger partial charge in [-0.15, -0.1) is 0 Å². The molecule has 3 N–H and O–H groups in total. The molecule has 1 heterocycles. The van der Waals surface area contributed by atoms with Crippen LogP contribution in [0.1, 0.15) is 12.6 Å². The summed E-state index contributed by atoms with van der Waals surface area (Å²) in [5.41, 5.74) is 0.977. The Balaban J connectivity index is 2.67. The molecular formula is C8H13BrN4O. The number of carbonyl (C=O) groups excluding carboxylic acids is 1. The van der Waals surface area contributed by atoms with E-state index in [9.17, 15) is 4.79 Å². The van der Waals surface area contributed by atoms with E-state index in [2.05, 4.69) is 36.8 Å². The van der Waals surface area contributed by atoms with Crippen LogP contribution in [0.25, 0.3) is 0 Å². The summed E-state index contributed by atoms with van der Waals surface area (Å²) < 4.78 is 0.824. The van der Waals surface area contributed by atoms with Crippen LogP contribution in [0.15, 0.2) is 4.47 Å². The predicted octanol–water partition coefficient (Wildman–Crippen LogP) is 0.893. The molecule has 0 aliphatic heterocycles. The molecular weight excluding hydrogens is 248 g/mol. The van der Waals surface area contributed by atoms with E-state index in [1.807, 2.05) is 6.92 Å². The second-order valence-electron chi connectivity index (χ2n) is 2.80. The molecule has 0 aliphatic carbocycles. The molecule has 0 unspecified atom stereocenters. The van der Waals surface area contributed by atoms with Crippen LogP contribution >= 0.6 is 15.9 Å². The molecule has 0 aliphatic rings. The van der Waals surface area contributed by atoms with Crippen LogP contribution in [-0.2, 0) is 11.2 Å². The molecule has 5 nitrogen and oxygen atoms in total. The first-order valence-corrected chi connectivity index (χ1v) is 5.15. The molecule has 1 aromatic heterocycles. The summed E-state index contributed by atoms with van der Waals surface area (Å²) in [4.78, 5) is 11.2. The molecule has 78 valence electrons. The molecule has 1 aromatic rings. The second kappa shape index (κ2) is 5.11. The van der Waals surface area contributed by atoms with E-state index in [1.54, 1.807) is 7.05 Å². The molecule has 14 heavy (non-hydrogen) atoms. The Labute approximate surface area is 90.8 Å². The minimum Gasteiger partial charge on any atom is -0.311 e. The smallest absolute Gasteiger partial charge is 0.239 e. The number of H-pyrrole nitrogens is 1. The van der Waals surface area contributed by atoms with Crippen LogP contribution < -0.4 is 10.6 Å². The maximum atomic E-state index is 11.2. The molecule has 0 bridgehead atoms. The monoisotopic (exact) mass is 260 g/mol.